The number of likely N-dealkylation sites (tertiary alicyclic amines) is 1. The third-order valence-corrected chi connectivity index (χ3v) is 5.61. The molecule has 0 aliphatic carbocycles. The predicted octanol–water partition coefficient (Wildman–Crippen LogP) is 3.53. The highest BCUT2D eigenvalue weighted by atomic mass is 32.2. The fourth-order valence-corrected chi connectivity index (χ4v) is 4.00. The smallest absolute Gasteiger partial charge is 0.191 e. The van der Waals surface area contributed by atoms with Gasteiger partial charge in [-0.25, -0.2) is 0 Å². The lowest BCUT2D eigenvalue weighted by atomic mass is 10.0. The van der Waals surface area contributed by atoms with Crippen LogP contribution < -0.4 is 15.4 Å². The van der Waals surface area contributed by atoms with Gasteiger partial charge in [0.25, 0.3) is 0 Å². The zero-order valence-electron chi connectivity index (χ0n) is 17.2. The van der Waals surface area contributed by atoms with E-state index in [-0.39, 0.29) is 6.04 Å². The molecular weight excluding hydrogens is 356 g/mol. The lowest BCUT2D eigenvalue weighted by molar-refractivity contribution is 0.245. The maximum absolute atomic E-state index is 5.63. The standard InChI is InChI=1S/C21H36N4OS/c1-4-22-21(23-13-7-10-16-27-3)24-17-19(25-14-8-9-15-25)18-11-5-6-12-20(18)26-2/h5-6,11-12,19H,4,7-10,13-17H2,1-3H3,(H2,22,23,24). The van der Waals surface area contributed by atoms with Gasteiger partial charge in [0, 0.05) is 18.7 Å². The van der Waals surface area contributed by atoms with Crippen molar-refractivity contribution in [2.24, 2.45) is 4.99 Å². The molecule has 0 bridgehead atoms. The largest absolute Gasteiger partial charge is 0.496 e. The number of hydrogen-bond donors (Lipinski definition) is 2. The molecule has 1 unspecified atom stereocenters. The lowest BCUT2D eigenvalue weighted by Gasteiger charge is -2.28. The first-order chi connectivity index (χ1) is 13.3. The molecule has 1 saturated heterocycles. The zero-order valence-corrected chi connectivity index (χ0v) is 18.0. The number of rotatable bonds is 11. The summed E-state index contributed by atoms with van der Waals surface area (Å²) in [4.78, 5) is 7.46. The van der Waals surface area contributed by atoms with Gasteiger partial charge in [-0.1, -0.05) is 18.2 Å². The topological polar surface area (TPSA) is 48.9 Å². The van der Waals surface area contributed by atoms with Crippen LogP contribution in [0.3, 0.4) is 0 Å². The number of thioether (sulfide) groups is 1. The van der Waals surface area contributed by atoms with Crippen LogP contribution in [0, 0.1) is 0 Å². The number of unbranched alkanes of at least 4 members (excludes halogenated alkanes) is 1. The quantitative estimate of drug-likeness (QED) is 0.343. The van der Waals surface area contributed by atoms with Gasteiger partial charge in [-0.2, -0.15) is 11.8 Å². The van der Waals surface area contributed by atoms with E-state index in [0.29, 0.717) is 0 Å². The van der Waals surface area contributed by atoms with E-state index in [2.05, 4.69) is 46.9 Å². The number of guanidine groups is 1. The number of benzene rings is 1. The third-order valence-electron chi connectivity index (χ3n) is 4.91. The number of nitrogens with zero attached hydrogens (tertiary/aromatic N) is 2. The Bertz CT molecular complexity index is 561. The first kappa shape index (κ1) is 21.9. The number of aliphatic imine (C=N–C) groups is 1. The van der Waals surface area contributed by atoms with E-state index in [1.54, 1.807) is 7.11 Å². The van der Waals surface area contributed by atoms with Crippen molar-refractivity contribution in [3.63, 3.8) is 0 Å². The number of ether oxygens (including phenoxy) is 1. The molecule has 1 aromatic carbocycles. The summed E-state index contributed by atoms with van der Waals surface area (Å²) in [5, 5.41) is 6.87. The van der Waals surface area contributed by atoms with Crippen molar-refractivity contribution in [3.8, 4) is 5.75 Å². The van der Waals surface area contributed by atoms with Crippen LogP contribution in [0.5, 0.6) is 5.75 Å². The van der Waals surface area contributed by atoms with Gasteiger partial charge >= 0.3 is 0 Å². The lowest BCUT2D eigenvalue weighted by Crippen LogP contribution is -2.39. The number of nitrogens with one attached hydrogen (secondary N) is 2. The van der Waals surface area contributed by atoms with E-state index < -0.39 is 0 Å². The molecule has 1 heterocycles. The fourth-order valence-electron chi connectivity index (χ4n) is 3.50. The molecule has 6 heteroatoms. The second-order valence-electron chi connectivity index (χ2n) is 6.85. The average molecular weight is 393 g/mol. The van der Waals surface area contributed by atoms with E-state index in [1.165, 1.54) is 37.0 Å². The molecule has 0 saturated carbocycles. The van der Waals surface area contributed by atoms with E-state index in [4.69, 9.17) is 9.73 Å². The van der Waals surface area contributed by atoms with Crippen molar-refractivity contribution in [2.75, 3.05) is 51.8 Å². The molecule has 1 aliphatic heterocycles. The van der Waals surface area contributed by atoms with Gasteiger partial charge in [0.1, 0.15) is 5.75 Å². The van der Waals surface area contributed by atoms with E-state index in [9.17, 15) is 0 Å². The van der Waals surface area contributed by atoms with Crippen LogP contribution in [0.4, 0.5) is 0 Å². The van der Waals surface area contributed by atoms with E-state index in [0.717, 1.165) is 44.4 Å². The fraction of sp³-hybridized carbons (Fsp3) is 0.667. The zero-order chi connectivity index (χ0) is 19.3. The van der Waals surface area contributed by atoms with Crippen molar-refractivity contribution < 1.29 is 4.74 Å². The molecule has 0 aromatic heterocycles. The van der Waals surface area contributed by atoms with Gasteiger partial charge in [-0.15, -0.1) is 0 Å². The van der Waals surface area contributed by atoms with Gasteiger partial charge < -0.3 is 15.4 Å². The molecule has 152 valence electrons. The van der Waals surface area contributed by atoms with Gasteiger partial charge in [-0.3, -0.25) is 9.89 Å². The molecule has 2 N–H and O–H groups in total. The minimum absolute atomic E-state index is 0.260. The van der Waals surface area contributed by atoms with Gasteiger partial charge in [0.2, 0.25) is 0 Å². The number of para-hydroxylation sites is 1. The van der Waals surface area contributed by atoms with Crippen molar-refractivity contribution in [2.45, 2.75) is 38.6 Å². The van der Waals surface area contributed by atoms with Gasteiger partial charge in [0.05, 0.1) is 19.7 Å². The Labute approximate surface area is 169 Å². The Morgan fingerprint density at radius 1 is 1.22 bits per heavy atom. The van der Waals surface area contributed by atoms with Gasteiger partial charge in [0.15, 0.2) is 5.96 Å². The van der Waals surface area contributed by atoms with E-state index >= 15 is 0 Å². The highest BCUT2D eigenvalue weighted by Gasteiger charge is 2.25. The molecule has 2 rings (SSSR count). The molecule has 0 amide bonds. The molecule has 1 aromatic rings. The third kappa shape index (κ3) is 7.26. The van der Waals surface area contributed by atoms with Crippen LogP contribution in [-0.4, -0.2) is 62.7 Å². The number of methoxy groups -OCH3 is 1. The molecule has 0 spiro atoms. The van der Waals surface area contributed by atoms with Gasteiger partial charge in [-0.05, 0) is 63.8 Å². The predicted molar refractivity (Wildman–Crippen MR) is 118 cm³/mol. The maximum atomic E-state index is 5.63. The van der Waals surface area contributed by atoms with Crippen LogP contribution in [-0.2, 0) is 0 Å². The van der Waals surface area contributed by atoms with Crippen molar-refractivity contribution in [3.05, 3.63) is 29.8 Å². The normalized spacial score (nSPS) is 16.3. The minimum atomic E-state index is 0.260. The summed E-state index contributed by atoms with van der Waals surface area (Å²) in [5.41, 5.74) is 1.24. The number of hydrogen-bond acceptors (Lipinski definition) is 4. The van der Waals surface area contributed by atoms with Crippen LogP contribution in [0.1, 0.15) is 44.2 Å². The molecule has 1 atom stereocenters. The highest BCUT2D eigenvalue weighted by Crippen LogP contribution is 2.31. The molecular formula is C21H36N4OS. The van der Waals surface area contributed by atoms with Crippen LogP contribution in [0.25, 0.3) is 0 Å². The SMILES string of the molecule is CCNC(=NCC(c1ccccc1OC)N1CCCC1)NCCCCSC. The molecule has 5 nitrogen and oxygen atoms in total. The summed E-state index contributed by atoms with van der Waals surface area (Å²) < 4.78 is 5.63. The second-order valence-corrected chi connectivity index (χ2v) is 7.83. The molecule has 1 aliphatic rings. The maximum Gasteiger partial charge on any atom is 0.191 e. The van der Waals surface area contributed by atoms with Crippen LogP contribution in [0.2, 0.25) is 0 Å². The molecule has 1 fully saturated rings. The Balaban J connectivity index is 2.06. The summed E-state index contributed by atoms with van der Waals surface area (Å²) in [7, 11) is 1.75. The Hall–Kier alpha value is -1.40. The monoisotopic (exact) mass is 392 g/mol. The summed E-state index contributed by atoms with van der Waals surface area (Å²) >= 11 is 1.91. The highest BCUT2D eigenvalue weighted by molar-refractivity contribution is 7.98. The summed E-state index contributed by atoms with van der Waals surface area (Å²) in [5.74, 6) is 3.10. The summed E-state index contributed by atoms with van der Waals surface area (Å²) in [6, 6.07) is 8.63. The second kappa shape index (κ2) is 12.9. The van der Waals surface area contributed by atoms with E-state index in [1.807, 2.05) is 17.8 Å². The summed E-state index contributed by atoms with van der Waals surface area (Å²) in [6.07, 6.45) is 7.11. The first-order valence-electron chi connectivity index (χ1n) is 10.2. The molecule has 0 radical (unpaired) electrons. The van der Waals surface area contributed by atoms with Crippen molar-refractivity contribution >= 4 is 17.7 Å². The Kier molecular flexibility index (Phi) is 10.5. The average Bonchev–Trinajstić information content (AvgIpc) is 3.22. The van der Waals surface area contributed by atoms with Crippen LogP contribution >= 0.6 is 11.8 Å². The van der Waals surface area contributed by atoms with Crippen molar-refractivity contribution in [1.82, 2.24) is 15.5 Å². The first-order valence-corrected chi connectivity index (χ1v) is 11.6. The van der Waals surface area contributed by atoms with Crippen LogP contribution in [0.15, 0.2) is 29.3 Å². The Morgan fingerprint density at radius 3 is 2.70 bits per heavy atom. The minimum Gasteiger partial charge on any atom is -0.496 e. The molecule has 27 heavy (non-hydrogen) atoms. The van der Waals surface area contributed by atoms with Crippen molar-refractivity contribution in [1.29, 1.82) is 0 Å². The Morgan fingerprint density at radius 2 is 2.00 bits per heavy atom. The summed E-state index contributed by atoms with van der Waals surface area (Å²) in [6.45, 7) is 6.96.